The minimum absolute atomic E-state index is 0.0445. The molecule has 5 aliphatic rings. The summed E-state index contributed by atoms with van der Waals surface area (Å²) in [5.74, 6) is 1.85. The van der Waals surface area contributed by atoms with Crippen molar-refractivity contribution in [3.05, 3.63) is 59.7 Å². The van der Waals surface area contributed by atoms with Gasteiger partial charge < -0.3 is 28.8 Å². The van der Waals surface area contributed by atoms with Crippen molar-refractivity contribution >= 4 is 0 Å². The molecule has 1 aromatic carbocycles. The molecule has 2 saturated carbocycles. The van der Waals surface area contributed by atoms with Crippen LogP contribution in [0.25, 0.3) is 0 Å². The molecule has 6 heteroatoms. The van der Waals surface area contributed by atoms with Crippen molar-refractivity contribution in [3.63, 3.8) is 0 Å². The lowest BCUT2D eigenvalue weighted by atomic mass is 9.86. The molecule has 3 unspecified atom stereocenters. The standard InChI is InChI=1S/C36H52O6/c37-23-30(25-38-24-26-10-2-1-3-11-26)28-20-29-22-34(42-36-15-7-9-19-40-36)31(32(29)21-28)16-17-33(27-12-4-5-13-27)41-35-14-6-8-18-39-35/h1-3,10-11,16-17,20,27,29-37H,4-9,12-15,18-19,21-25H2/b17-16+/t29-,30?,31+,32-,33+,34+,35?,36?/m0/s1. The van der Waals surface area contributed by atoms with Crippen molar-refractivity contribution < 1.29 is 28.8 Å². The van der Waals surface area contributed by atoms with Crippen LogP contribution in [0, 0.1) is 29.6 Å². The summed E-state index contributed by atoms with van der Waals surface area (Å²) >= 11 is 0. The van der Waals surface area contributed by atoms with Gasteiger partial charge in [-0.25, -0.2) is 0 Å². The molecule has 0 spiro atoms. The zero-order valence-corrected chi connectivity index (χ0v) is 25.3. The van der Waals surface area contributed by atoms with Crippen LogP contribution in [0.3, 0.4) is 0 Å². The molecule has 0 radical (unpaired) electrons. The topological polar surface area (TPSA) is 66.4 Å². The maximum atomic E-state index is 10.3. The third-order valence-electron chi connectivity index (χ3n) is 10.4. The van der Waals surface area contributed by atoms with E-state index in [4.69, 9.17) is 23.7 Å². The second-order valence-corrected chi connectivity index (χ2v) is 13.3. The fraction of sp³-hybridized carbons (Fsp3) is 0.722. The fourth-order valence-corrected chi connectivity index (χ4v) is 7.99. The maximum Gasteiger partial charge on any atom is 0.158 e. The number of ether oxygens (including phenoxy) is 5. The minimum Gasteiger partial charge on any atom is -0.396 e. The van der Waals surface area contributed by atoms with E-state index in [1.165, 1.54) is 49.7 Å². The zero-order valence-electron chi connectivity index (χ0n) is 25.3. The maximum absolute atomic E-state index is 10.3. The van der Waals surface area contributed by atoms with Gasteiger partial charge >= 0.3 is 0 Å². The lowest BCUT2D eigenvalue weighted by molar-refractivity contribution is -0.193. The molecular formula is C36H52O6. The fourth-order valence-electron chi connectivity index (χ4n) is 7.99. The first-order valence-corrected chi connectivity index (χ1v) is 16.9. The Morgan fingerprint density at radius 2 is 1.64 bits per heavy atom. The van der Waals surface area contributed by atoms with Crippen molar-refractivity contribution in [1.29, 1.82) is 0 Å². The summed E-state index contributed by atoms with van der Waals surface area (Å²) < 4.78 is 31.5. The number of aliphatic hydroxyl groups is 1. The van der Waals surface area contributed by atoms with E-state index in [2.05, 4.69) is 30.4 Å². The van der Waals surface area contributed by atoms with Crippen LogP contribution in [0.1, 0.15) is 82.6 Å². The third-order valence-corrected chi connectivity index (χ3v) is 10.4. The Balaban J connectivity index is 1.14. The van der Waals surface area contributed by atoms with Gasteiger partial charge in [0.25, 0.3) is 0 Å². The number of fused-ring (bicyclic) bond motifs is 1. The average Bonchev–Trinajstić information content (AvgIpc) is 3.77. The summed E-state index contributed by atoms with van der Waals surface area (Å²) in [6.07, 6.45) is 21.0. The molecule has 1 N–H and O–H groups in total. The summed E-state index contributed by atoms with van der Waals surface area (Å²) in [7, 11) is 0. The highest BCUT2D eigenvalue weighted by molar-refractivity contribution is 5.23. The molecule has 1 aromatic rings. The SMILES string of the molecule is OCC(COCc1ccccc1)C1=C[C@H]2C[C@@H](OC3CCCCO3)[C@H](/C=C/[C@@H](OC3CCCCO3)C3CCCC3)[C@H]2C1. The first-order valence-electron chi connectivity index (χ1n) is 16.9. The van der Waals surface area contributed by atoms with Gasteiger partial charge in [0.2, 0.25) is 0 Å². The summed E-state index contributed by atoms with van der Waals surface area (Å²) in [6.45, 7) is 2.86. The second-order valence-electron chi connectivity index (χ2n) is 13.3. The van der Waals surface area contributed by atoms with Gasteiger partial charge in [-0.05, 0) is 87.5 Å². The quantitative estimate of drug-likeness (QED) is 0.254. The first-order chi connectivity index (χ1) is 20.8. The Morgan fingerprint density at radius 1 is 0.905 bits per heavy atom. The van der Waals surface area contributed by atoms with E-state index in [0.29, 0.717) is 36.9 Å². The summed E-state index contributed by atoms with van der Waals surface area (Å²) in [5, 5.41) is 10.3. The molecule has 232 valence electrons. The van der Waals surface area contributed by atoms with Gasteiger partial charge in [0.1, 0.15) is 0 Å². The highest BCUT2D eigenvalue weighted by Crippen LogP contribution is 2.50. The average molecular weight is 581 g/mol. The number of benzene rings is 1. The van der Waals surface area contributed by atoms with Crippen LogP contribution < -0.4 is 0 Å². The van der Waals surface area contributed by atoms with Crippen molar-refractivity contribution in [3.8, 4) is 0 Å². The Hall–Kier alpha value is -1.54. The molecule has 4 fully saturated rings. The van der Waals surface area contributed by atoms with Gasteiger partial charge in [0.05, 0.1) is 32.0 Å². The Kier molecular flexibility index (Phi) is 11.2. The van der Waals surface area contributed by atoms with Gasteiger partial charge in [0, 0.05) is 25.0 Å². The molecule has 2 aliphatic heterocycles. The van der Waals surface area contributed by atoms with Crippen LogP contribution in [0.15, 0.2) is 54.1 Å². The van der Waals surface area contributed by atoms with E-state index in [1.54, 1.807) is 0 Å². The number of rotatable bonds is 13. The molecule has 2 saturated heterocycles. The van der Waals surface area contributed by atoms with Crippen molar-refractivity contribution in [2.45, 2.75) is 108 Å². The summed E-state index contributed by atoms with van der Waals surface area (Å²) in [6, 6.07) is 10.3. The highest BCUT2D eigenvalue weighted by atomic mass is 16.7. The van der Waals surface area contributed by atoms with Crippen molar-refractivity contribution in [1.82, 2.24) is 0 Å². The summed E-state index contributed by atoms with van der Waals surface area (Å²) in [4.78, 5) is 0. The van der Waals surface area contributed by atoms with Crippen LogP contribution in [0.5, 0.6) is 0 Å². The van der Waals surface area contributed by atoms with Gasteiger partial charge in [0.15, 0.2) is 12.6 Å². The largest absolute Gasteiger partial charge is 0.396 e. The molecular weight excluding hydrogens is 528 g/mol. The van der Waals surface area contributed by atoms with Crippen LogP contribution in [0.2, 0.25) is 0 Å². The van der Waals surface area contributed by atoms with Gasteiger partial charge in [-0.1, -0.05) is 67.0 Å². The summed E-state index contributed by atoms with van der Waals surface area (Å²) in [5.41, 5.74) is 2.52. The van der Waals surface area contributed by atoms with Crippen LogP contribution in [-0.2, 0) is 30.3 Å². The predicted octanol–water partition coefficient (Wildman–Crippen LogP) is 6.96. The molecule has 6 rings (SSSR count). The lowest BCUT2D eigenvalue weighted by Gasteiger charge is -2.31. The Labute approximate surface area is 252 Å². The molecule has 0 aromatic heterocycles. The van der Waals surface area contributed by atoms with Crippen LogP contribution in [-0.4, -0.2) is 56.3 Å². The number of allylic oxidation sites excluding steroid dienone is 1. The van der Waals surface area contributed by atoms with E-state index in [0.717, 1.165) is 51.7 Å². The Bertz CT molecular complexity index is 991. The van der Waals surface area contributed by atoms with E-state index in [1.807, 2.05) is 18.2 Å². The van der Waals surface area contributed by atoms with Gasteiger partial charge in [-0.2, -0.15) is 0 Å². The molecule has 0 amide bonds. The number of hydrogen-bond donors (Lipinski definition) is 1. The van der Waals surface area contributed by atoms with E-state index in [9.17, 15) is 5.11 Å². The van der Waals surface area contributed by atoms with E-state index >= 15 is 0 Å². The molecule has 2 heterocycles. The monoisotopic (exact) mass is 580 g/mol. The second kappa shape index (κ2) is 15.5. The van der Waals surface area contributed by atoms with Crippen LogP contribution >= 0.6 is 0 Å². The molecule has 6 nitrogen and oxygen atoms in total. The molecule has 3 aliphatic carbocycles. The third kappa shape index (κ3) is 7.94. The first kappa shape index (κ1) is 30.5. The van der Waals surface area contributed by atoms with Crippen LogP contribution in [0.4, 0.5) is 0 Å². The lowest BCUT2D eigenvalue weighted by Crippen LogP contribution is -2.32. The minimum atomic E-state index is -0.0870. The zero-order chi connectivity index (χ0) is 28.6. The predicted molar refractivity (Wildman–Crippen MR) is 162 cm³/mol. The number of hydrogen-bond acceptors (Lipinski definition) is 6. The Morgan fingerprint density at radius 3 is 2.36 bits per heavy atom. The smallest absolute Gasteiger partial charge is 0.158 e. The van der Waals surface area contributed by atoms with Crippen molar-refractivity contribution in [2.24, 2.45) is 29.6 Å². The van der Waals surface area contributed by atoms with Gasteiger partial charge in [-0.3, -0.25) is 0 Å². The van der Waals surface area contributed by atoms with Crippen molar-refractivity contribution in [2.75, 3.05) is 26.4 Å². The number of aliphatic hydroxyl groups excluding tert-OH is 1. The molecule has 42 heavy (non-hydrogen) atoms. The molecule has 8 atom stereocenters. The van der Waals surface area contributed by atoms with Gasteiger partial charge in [-0.15, -0.1) is 0 Å². The normalized spacial score (nSPS) is 33.6. The molecule has 0 bridgehead atoms. The van der Waals surface area contributed by atoms with E-state index < -0.39 is 0 Å². The highest BCUT2D eigenvalue weighted by Gasteiger charge is 2.46. The van der Waals surface area contributed by atoms with E-state index in [-0.39, 0.29) is 37.3 Å².